The van der Waals surface area contributed by atoms with Gasteiger partial charge < -0.3 is 19.9 Å². The maximum absolute atomic E-state index is 13.3. The zero-order valence-corrected chi connectivity index (χ0v) is 14.5. The van der Waals surface area contributed by atoms with Gasteiger partial charge >= 0.3 is 6.03 Å². The summed E-state index contributed by atoms with van der Waals surface area (Å²) in [6.07, 6.45) is 2.42. The first-order valence-electron chi connectivity index (χ1n) is 8.64. The predicted molar refractivity (Wildman–Crippen MR) is 91.7 cm³/mol. The van der Waals surface area contributed by atoms with Crippen LogP contribution in [-0.2, 0) is 9.53 Å². The Morgan fingerprint density at radius 1 is 1.36 bits per heavy atom. The van der Waals surface area contributed by atoms with E-state index in [2.05, 4.69) is 5.32 Å². The number of hydrogen-bond acceptors (Lipinski definition) is 3. The zero-order chi connectivity index (χ0) is 17.9. The molecule has 1 N–H and O–H groups in total. The number of amides is 3. The first-order valence-corrected chi connectivity index (χ1v) is 8.64. The second kappa shape index (κ2) is 7.39. The lowest BCUT2D eigenvalue weighted by Crippen LogP contribution is -2.51. The summed E-state index contributed by atoms with van der Waals surface area (Å²) < 4.78 is 18.3. The van der Waals surface area contributed by atoms with Crippen LogP contribution in [-0.4, -0.2) is 61.6 Å². The van der Waals surface area contributed by atoms with Crippen molar-refractivity contribution >= 4 is 17.6 Å². The number of rotatable bonds is 4. The summed E-state index contributed by atoms with van der Waals surface area (Å²) in [4.78, 5) is 28.9. The van der Waals surface area contributed by atoms with Gasteiger partial charge in [0.2, 0.25) is 5.91 Å². The normalized spacial score (nSPS) is 23.4. The molecule has 6 nitrogen and oxygen atoms in total. The number of nitrogens with zero attached hydrogens (tertiary/aromatic N) is 2. The van der Waals surface area contributed by atoms with Crippen molar-refractivity contribution in [1.82, 2.24) is 9.80 Å². The minimum absolute atomic E-state index is 0.122. The quantitative estimate of drug-likeness (QED) is 0.907. The molecule has 1 spiro atoms. The smallest absolute Gasteiger partial charge is 0.321 e. The number of carbonyl (C=O) groups is 2. The Balaban J connectivity index is 1.63. The molecule has 136 valence electrons. The van der Waals surface area contributed by atoms with E-state index in [1.54, 1.807) is 24.1 Å². The number of benzene rings is 1. The molecule has 0 aromatic heterocycles. The molecule has 0 saturated carbocycles. The summed E-state index contributed by atoms with van der Waals surface area (Å²) in [6.45, 7) is 2.80. The van der Waals surface area contributed by atoms with Gasteiger partial charge in [-0.25, -0.2) is 9.18 Å². The number of urea groups is 1. The number of ether oxygens (including phenoxy) is 1. The predicted octanol–water partition coefficient (Wildman–Crippen LogP) is 2.32. The monoisotopic (exact) mass is 349 g/mol. The van der Waals surface area contributed by atoms with Crippen molar-refractivity contribution in [1.29, 1.82) is 0 Å². The molecule has 0 aliphatic carbocycles. The fourth-order valence-corrected chi connectivity index (χ4v) is 3.76. The Labute approximate surface area is 146 Å². The van der Waals surface area contributed by atoms with Gasteiger partial charge in [-0.1, -0.05) is 6.07 Å². The van der Waals surface area contributed by atoms with Crippen molar-refractivity contribution in [2.45, 2.75) is 19.3 Å². The van der Waals surface area contributed by atoms with Crippen LogP contribution in [0.5, 0.6) is 0 Å². The molecule has 2 fully saturated rings. The maximum Gasteiger partial charge on any atom is 0.321 e. The minimum atomic E-state index is -0.481. The van der Waals surface area contributed by atoms with Crippen LogP contribution in [0.2, 0.25) is 0 Å². The molecule has 2 saturated heterocycles. The molecule has 2 heterocycles. The highest BCUT2D eigenvalue weighted by Crippen LogP contribution is 2.40. The van der Waals surface area contributed by atoms with E-state index in [0.717, 1.165) is 19.4 Å². The third-order valence-electron chi connectivity index (χ3n) is 5.11. The molecule has 2 aliphatic rings. The third kappa shape index (κ3) is 3.76. The number of hydrogen-bond donors (Lipinski definition) is 1. The van der Waals surface area contributed by atoms with Gasteiger partial charge in [-0.15, -0.1) is 0 Å². The molecule has 7 heteroatoms. The molecule has 3 rings (SSSR count). The Bertz CT molecular complexity index is 654. The van der Waals surface area contributed by atoms with Gasteiger partial charge in [-0.2, -0.15) is 0 Å². The number of nitrogens with one attached hydrogen (secondary N) is 1. The third-order valence-corrected chi connectivity index (χ3v) is 5.11. The van der Waals surface area contributed by atoms with Crippen LogP contribution in [0.25, 0.3) is 0 Å². The lowest BCUT2D eigenvalue weighted by Gasteiger charge is -2.39. The molecule has 1 unspecified atom stereocenters. The van der Waals surface area contributed by atoms with Crippen molar-refractivity contribution in [3.8, 4) is 0 Å². The number of carbonyl (C=O) groups excluding carboxylic acids is 2. The van der Waals surface area contributed by atoms with Gasteiger partial charge in [0, 0.05) is 39.0 Å². The summed E-state index contributed by atoms with van der Waals surface area (Å²) in [5.41, 5.74) is -0.0618. The van der Waals surface area contributed by atoms with Crippen molar-refractivity contribution in [2.75, 3.05) is 45.2 Å². The van der Waals surface area contributed by atoms with Crippen LogP contribution < -0.4 is 5.32 Å². The molecule has 0 radical (unpaired) electrons. The molecule has 2 aliphatic heterocycles. The first kappa shape index (κ1) is 17.7. The fourth-order valence-electron chi connectivity index (χ4n) is 3.76. The van der Waals surface area contributed by atoms with E-state index in [4.69, 9.17) is 4.74 Å². The average Bonchev–Trinajstić information content (AvgIpc) is 3.02. The molecular formula is C18H24FN3O3. The molecule has 1 aromatic carbocycles. The zero-order valence-electron chi connectivity index (χ0n) is 14.5. The summed E-state index contributed by atoms with van der Waals surface area (Å²) in [7, 11) is 1.62. The molecule has 3 amide bonds. The van der Waals surface area contributed by atoms with Crippen molar-refractivity contribution in [3.63, 3.8) is 0 Å². The first-order chi connectivity index (χ1) is 12.0. The molecule has 1 aromatic rings. The van der Waals surface area contributed by atoms with Gasteiger partial charge in [0.25, 0.3) is 0 Å². The van der Waals surface area contributed by atoms with E-state index in [1.165, 1.54) is 12.1 Å². The van der Waals surface area contributed by atoms with Gasteiger partial charge in [-0.3, -0.25) is 4.79 Å². The topological polar surface area (TPSA) is 61.9 Å². The second-order valence-electron chi connectivity index (χ2n) is 6.78. The van der Waals surface area contributed by atoms with Crippen LogP contribution in [0.3, 0.4) is 0 Å². The van der Waals surface area contributed by atoms with Crippen LogP contribution in [0.4, 0.5) is 14.9 Å². The van der Waals surface area contributed by atoms with Gasteiger partial charge in [0.1, 0.15) is 5.82 Å². The van der Waals surface area contributed by atoms with E-state index >= 15 is 0 Å². The summed E-state index contributed by atoms with van der Waals surface area (Å²) in [6, 6.07) is 5.52. The van der Waals surface area contributed by atoms with Crippen molar-refractivity contribution in [3.05, 3.63) is 30.1 Å². The van der Waals surface area contributed by atoms with Crippen molar-refractivity contribution in [2.24, 2.45) is 5.41 Å². The lowest BCUT2D eigenvalue weighted by molar-refractivity contribution is -0.146. The largest absolute Gasteiger partial charge is 0.383 e. The highest BCUT2D eigenvalue weighted by molar-refractivity contribution is 5.91. The van der Waals surface area contributed by atoms with E-state index in [1.807, 2.05) is 4.90 Å². The SMILES string of the molecule is COCCN1CCCC2(CCN(C(=O)Nc3cccc(F)c3)C2)C1=O. The highest BCUT2D eigenvalue weighted by Gasteiger charge is 2.49. The van der Waals surface area contributed by atoms with Gasteiger partial charge in [-0.05, 0) is 37.5 Å². The number of halogens is 1. The summed E-state index contributed by atoms with van der Waals surface area (Å²) >= 11 is 0. The Morgan fingerprint density at radius 3 is 2.96 bits per heavy atom. The number of piperidine rings is 1. The van der Waals surface area contributed by atoms with E-state index in [-0.39, 0.29) is 11.9 Å². The van der Waals surface area contributed by atoms with Crippen LogP contribution in [0.1, 0.15) is 19.3 Å². The van der Waals surface area contributed by atoms with Crippen LogP contribution in [0.15, 0.2) is 24.3 Å². The minimum Gasteiger partial charge on any atom is -0.383 e. The van der Waals surface area contributed by atoms with Crippen LogP contribution in [0, 0.1) is 11.2 Å². The number of likely N-dealkylation sites (tertiary alicyclic amines) is 2. The van der Waals surface area contributed by atoms with E-state index in [0.29, 0.717) is 38.3 Å². The number of anilines is 1. The Kier molecular flexibility index (Phi) is 5.22. The Morgan fingerprint density at radius 2 is 2.20 bits per heavy atom. The Hall–Kier alpha value is -2.15. The second-order valence-corrected chi connectivity index (χ2v) is 6.78. The standard InChI is InChI=1S/C18H24FN3O3/c1-25-11-10-21-8-3-6-18(16(21)23)7-9-22(13-18)17(24)20-15-5-2-4-14(19)12-15/h2,4-5,12H,3,6-11,13H2,1H3,(H,20,24). The maximum atomic E-state index is 13.3. The van der Waals surface area contributed by atoms with E-state index in [9.17, 15) is 14.0 Å². The van der Waals surface area contributed by atoms with Crippen molar-refractivity contribution < 1.29 is 18.7 Å². The fraction of sp³-hybridized carbons (Fsp3) is 0.556. The molecular weight excluding hydrogens is 325 g/mol. The average molecular weight is 349 g/mol. The summed E-state index contributed by atoms with van der Waals surface area (Å²) in [5, 5.41) is 2.71. The van der Waals surface area contributed by atoms with E-state index < -0.39 is 11.2 Å². The summed E-state index contributed by atoms with van der Waals surface area (Å²) in [5.74, 6) is -0.274. The molecule has 1 atom stereocenters. The number of methoxy groups -OCH3 is 1. The molecule has 0 bridgehead atoms. The van der Waals surface area contributed by atoms with Gasteiger partial charge in [0.05, 0.1) is 12.0 Å². The highest BCUT2D eigenvalue weighted by atomic mass is 19.1. The lowest BCUT2D eigenvalue weighted by atomic mass is 9.78. The van der Waals surface area contributed by atoms with Gasteiger partial charge in [0.15, 0.2) is 0 Å². The molecule has 25 heavy (non-hydrogen) atoms. The van der Waals surface area contributed by atoms with Crippen LogP contribution >= 0.6 is 0 Å².